The molecule has 0 unspecified atom stereocenters. The monoisotopic (exact) mass is 224 g/mol. The van der Waals surface area contributed by atoms with E-state index >= 15 is 0 Å². The molecule has 0 aliphatic heterocycles. The number of hydrogen-bond acceptors (Lipinski definition) is 1. The van der Waals surface area contributed by atoms with Crippen LogP contribution in [-0.4, -0.2) is 9.78 Å². The van der Waals surface area contributed by atoms with Crippen LogP contribution in [0, 0.1) is 5.82 Å². The molecule has 2 rings (SSSR count). The van der Waals surface area contributed by atoms with E-state index in [9.17, 15) is 4.39 Å². The van der Waals surface area contributed by atoms with Gasteiger partial charge in [0.1, 0.15) is 5.82 Å². The molecule has 0 spiro atoms. The van der Waals surface area contributed by atoms with Crippen molar-refractivity contribution in [2.24, 2.45) is 7.05 Å². The van der Waals surface area contributed by atoms with Gasteiger partial charge in [-0.05, 0) is 24.3 Å². The maximum Gasteiger partial charge on any atom is 0.123 e. The van der Waals surface area contributed by atoms with Crippen molar-refractivity contribution in [1.82, 2.24) is 9.78 Å². The fraction of sp³-hybridized carbons (Fsp3) is 0.182. The summed E-state index contributed by atoms with van der Waals surface area (Å²) in [6.07, 6.45) is 1.87. The van der Waals surface area contributed by atoms with Crippen LogP contribution in [0.4, 0.5) is 4.39 Å². The molecule has 4 heteroatoms. The van der Waals surface area contributed by atoms with Crippen molar-refractivity contribution in [1.29, 1.82) is 0 Å². The Morgan fingerprint density at radius 1 is 1.33 bits per heavy atom. The average molecular weight is 225 g/mol. The van der Waals surface area contributed by atoms with Gasteiger partial charge in [-0.3, -0.25) is 4.68 Å². The van der Waals surface area contributed by atoms with Gasteiger partial charge in [-0.15, -0.1) is 11.6 Å². The second-order valence-electron chi connectivity index (χ2n) is 3.32. The minimum atomic E-state index is -0.248. The minimum absolute atomic E-state index is 0.248. The molecular weight excluding hydrogens is 215 g/mol. The molecule has 0 bridgehead atoms. The Kier molecular flexibility index (Phi) is 2.73. The number of aromatic nitrogens is 2. The fourth-order valence-corrected chi connectivity index (χ4v) is 1.68. The van der Waals surface area contributed by atoms with E-state index in [1.165, 1.54) is 12.1 Å². The maximum absolute atomic E-state index is 12.7. The van der Waals surface area contributed by atoms with E-state index in [1.807, 2.05) is 13.2 Å². The average Bonchev–Trinajstić information content (AvgIpc) is 2.61. The number of alkyl halides is 1. The van der Waals surface area contributed by atoms with Crippen molar-refractivity contribution in [3.8, 4) is 11.3 Å². The number of nitrogens with zero attached hydrogens (tertiary/aromatic N) is 2. The molecular formula is C11H10ClFN2. The molecule has 0 N–H and O–H groups in total. The smallest absolute Gasteiger partial charge is 0.123 e. The minimum Gasteiger partial charge on any atom is -0.275 e. The van der Waals surface area contributed by atoms with E-state index in [2.05, 4.69) is 5.10 Å². The van der Waals surface area contributed by atoms with Crippen LogP contribution in [0.3, 0.4) is 0 Å². The summed E-state index contributed by atoms with van der Waals surface area (Å²) in [6, 6.07) is 6.24. The quantitative estimate of drug-likeness (QED) is 0.718. The van der Waals surface area contributed by atoms with E-state index in [-0.39, 0.29) is 5.82 Å². The molecule has 2 nitrogen and oxygen atoms in total. The predicted octanol–water partition coefficient (Wildman–Crippen LogP) is 2.97. The molecule has 2 aromatic rings. The molecule has 0 radical (unpaired) electrons. The first-order valence-corrected chi connectivity index (χ1v) is 5.08. The Hall–Kier alpha value is -1.35. The molecule has 1 aromatic heterocycles. The Morgan fingerprint density at radius 3 is 2.60 bits per heavy atom. The largest absolute Gasteiger partial charge is 0.275 e. The maximum atomic E-state index is 12.7. The molecule has 15 heavy (non-hydrogen) atoms. The van der Waals surface area contributed by atoms with Gasteiger partial charge in [0.25, 0.3) is 0 Å². The highest BCUT2D eigenvalue weighted by atomic mass is 35.5. The summed E-state index contributed by atoms with van der Waals surface area (Å²) < 4.78 is 14.4. The van der Waals surface area contributed by atoms with Crippen molar-refractivity contribution in [2.75, 3.05) is 0 Å². The summed E-state index contributed by atoms with van der Waals surface area (Å²) >= 11 is 5.80. The van der Waals surface area contributed by atoms with Crippen LogP contribution < -0.4 is 0 Å². The van der Waals surface area contributed by atoms with Crippen LogP contribution in [0.2, 0.25) is 0 Å². The molecule has 0 saturated carbocycles. The van der Waals surface area contributed by atoms with E-state index in [0.29, 0.717) is 5.88 Å². The number of halogens is 2. The van der Waals surface area contributed by atoms with Gasteiger partial charge in [0, 0.05) is 24.4 Å². The first-order valence-electron chi connectivity index (χ1n) is 4.55. The summed E-state index contributed by atoms with van der Waals surface area (Å²) in [6.45, 7) is 0. The third-order valence-corrected chi connectivity index (χ3v) is 2.45. The van der Waals surface area contributed by atoms with Gasteiger partial charge in [0.2, 0.25) is 0 Å². The second-order valence-corrected chi connectivity index (χ2v) is 3.58. The predicted molar refractivity (Wildman–Crippen MR) is 58.2 cm³/mol. The van der Waals surface area contributed by atoms with Crippen LogP contribution >= 0.6 is 11.6 Å². The van der Waals surface area contributed by atoms with Crippen molar-refractivity contribution < 1.29 is 4.39 Å². The summed E-state index contributed by atoms with van der Waals surface area (Å²) in [5.74, 6) is 0.155. The highest BCUT2D eigenvalue weighted by molar-refractivity contribution is 6.17. The third-order valence-electron chi connectivity index (χ3n) is 2.17. The fourth-order valence-electron chi connectivity index (χ4n) is 1.49. The molecule has 0 amide bonds. The Bertz CT molecular complexity index is 462. The van der Waals surface area contributed by atoms with E-state index in [1.54, 1.807) is 16.8 Å². The van der Waals surface area contributed by atoms with E-state index < -0.39 is 0 Å². The van der Waals surface area contributed by atoms with Crippen LogP contribution in [0.25, 0.3) is 11.3 Å². The zero-order chi connectivity index (χ0) is 10.8. The SMILES string of the molecule is Cn1cc(CCl)c(-c2ccc(F)cc2)n1. The molecule has 0 aliphatic rings. The van der Waals surface area contributed by atoms with Crippen LogP contribution in [0.5, 0.6) is 0 Å². The van der Waals surface area contributed by atoms with Crippen LogP contribution in [-0.2, 0) is 12.9 Å². The third kappa shape index (κ3) is 2.02. The zero-order valence-corrected chi connectivity index (χ0v) is 9.00. The van der Waals surface area contributed by atoms with Crippen molar-refractivity contribution in [3.05, 3.63) is 41.8 Å². The van der Waals surface area contributed by atoms with Crippen LogP contribution in [0.15, 0.2) is 30.5 Å². The van der Waals surface area contributed by atoms with E-state index in [4.69, 9.17) is 11.6 Å². The van der Waals surface area contributed by atoms with E-state index in [0.717, 1.165) is 16.8 Å². The molecule has 78 valence electrons. The highest BCUT2D eigenvalue weighted by Gasteiger charge is 2.08. The molecule has 0 aliphatic carbocycles. The number of benzene rings is 1. The number of rotatable bonds is 2. The zero-order valence-electron chi connectivity index (χ0n) is 8.24. The number of aryl methyl sites for hydroxylation is 1. The lowest BCUT2D eigenvalue weighted by molar-refractivity contribution is 0.628. The van der Waals surface area contributed by atoms with Crippen LogP contribution in [0.1, 0.15) is 5.56 Å². The summed E-state index contributed by atoms with van der Waals surface area (Å²) in [5.41, 5.74) is 2.64. The van der Waals surface area contributed by atoms with Gasteiger partial charge in [0.05, 0.1) is 11.6 Å². The first kappa shape index (κ1) is 10.2. The van der Waals surface area contributed by atoms with Crippen molar-refractivity contribution >= 4 is 11.6 Å². The lowest BCUT2D eigenvalue weighted by Gasteiger charge is -1.98. The Balaban J connectivity index is 2.48. The summed E-state index contributed by atoms with van der Waals surface area (Å²) in [5, 5.41) is 4.29. The van der Waals surface area contributed by atoms with Crippen molar-refractivity contribution in [2.45, 2.75) is 5.88 Å². The van der Waals surface area contributed by atoms with Gasteiger partial charge in [0.15, 0.2) is 0 Å². The first-order chi connectivity index (χ1) is 7.20. The number of hydrogen-bond donors (Lipinski definition) is 0. The van der Waals surface area contributed by atoms with Gasteiger partial charge in [-0.25, -0.2) is 4.39 Å². The second kappa shape index (κ2) is 4.03. The summed E-state index contributed by atoms with van der Waals surface area (Å²) in [4.78, 5) is 0. The molecule has 1 aromatic carbocycles. The topological polar surface area (TPSA) is 17.8 Å². The molecule has 0 fully saturated rings. The van der Waals surface area contributed by atoms with Gasteiger partial charge < -0.3 is 0 Å². The van der Waals surface area contributed by atoms with Gasteiger partial charge >= 0.3 is 0 Å². The lowest BCUT2D eigenvalue weighted by Crippen LogP contribution is -1.88. The molecule has 0 saturated heterocycles. The van der Waals surface area contributed by atoms with Gasteiger partial charge in [-0.2, -0.15) is 5.10 Å². The highest BCUT2D eigenvalue weighted by Crippen LogP contribution is 2.23. The Labute approximate surface area is 92.3 Å². The Morgan fingerprint density at radius 2 is 2.00 bits per heavy atom. The molecule has 0 atom stereocenters. The normalized spacial score (nSPS) is 10.6. The lowest BCUT2D eigenvalue weighted by atomic mass is 10.1. The molecule has 1 heterocycles. The standard InChI is InChI=1S/C11H10ClFN2/c1-15-7-9(6-12)11(14-15)8-2-4-10(13)5-3-8/h2-5,7H,6H2,1H3. The van der Waals surface area contributed by atoms with Crippen molar-refractivity contribution in [3.63, 3.8) is 0 Å². The van der Waals surface area contributed by atoms with Gasteiger partial charge in [-0.1, -0.05) is 0 Å². The summed E-state index contributed by atoms with van der Waals surface area (Å²) in [7, 11) is 1.84.